The van der Waals surface area contributed by atoms with Crippen molar-refractivity contribution in [2.75, 3.05) is 31.1 Å². The minimum absolute atomic E-state index is 0.0465. The molecule has 0 spiro atoms. The van der Waals surface area contributed by atoms with Crippen LogP contribution in [0.2, 0.25) is 0 Å². The second-order valence-electron chi connectivity index (χ2n) is 6.53. The summed E-state index contributed by atoms with van der Waals surface area (Å²) >= 11 is 0. The van der Waals surface area contributed by atoms with Crippen LogP contribution in [-0.2, 0) is 0 Å². The maximum Gasteiger partial charge on any atom is 0.317 e. The number of nitro benzene ring substituents is 1. The predicted molar refractivity (Wildman–Crippen MR) is 92.3 cm³/mol. The molecule has 1 saturated heterocycles. The number of nitro groups is 1. The third-order valence-corrected chi connectivity index (χ3v) is 4.93. The zero-order chi connectivity index (χ0) is 16.9. The van der Waals surface area contributed by atoms with Crippen molar-refractivity contribution in [1.29, 1.82) is 0 Å². The Morgan fingerprint density at radius 3 is 2.25 bits per heavy atom. The van der Waals surface area contributed by atoms with Gasteiger partial charge >= 0.3 is 6.03 Å². The van der Waals surface area contributed by atoms with Gasteiger partial charge in [0.2, 0.25) is 0 Å². The number of anilines is 1. The Labute approximate surface area is 141 Å². The standard InChI is InChI=1S/C17H24N4O3/c22-17(18-14-4-2-1-3-5-14)20-12-10-19(11-13-20)15-6-8-16(9-7-15)21(23)24/h6-9,14H,1-5,10-13H2,(H,18,22). The Hall–Kier alpha value is -2.31. The molecule has 3 rings (SSSR count). The lowest BCUT2D eigenvalue weighted by atomic mass is 9.96. The highest BCUT2D eigenvalue weighted by Gasteiger charge is 2.24. The van der Waals surface area contributed by atoms with E-state index in [4.69, 9.17) is 0 Å². The van der Waals surface area contributed by atoms with E-state index in [0.29, 0.717) is 19.1 Å². The zero-order valence-electron chi connectivity index (χ0n) is 13.8. The average molecular weight is 332 g/mol. The number of carbonyl (C=O) groups excluding carboxylic acids is 1. The third kappa shape index (κ3) is 3.96. The number of urea groups is 1. The van der Waals surface area contributed by atoms with Crippen LogP contribution in [0, 0.1) is 10.1 Å². The lowest BCUT2D eigenvalue weighted by Crippen LogP contribution is -2.53. The molecular weight excluding hydrogens is 308 g/mol. The van der Waals surface area contributed by atoms with Crippen molar-refractivity contribution in [3.8, 4) is 0 Å². The van der Waals surface area contributed by atoms with Crippen LogP contribution in [0.3, 0.4) is 0 Å². The normalized spacial score (nSPS) is 19.2. The van der Waals surface area contributed by atoms with Crippen LogP contribution in [0.5, 0.6) is 0 Å². The van der Waals surface area contributed by atoms with Gasteiger partial charge in [0.1, 0.15) is 0 Å². The summed E-state index contributed by atoms with van der Waals surface area (Å²) in [7, 11) is 0. The Bertz CT molecular complexity index is 576. The van der Waals surface area contributed by atoms with Gasteiger partial charge < -0.3 is 15.1 Å². The molecule has 0 atom stereocenters. The van der Waals surface area contributed by atoms with Gasteiger partial charge in [-0.3, -0.25) is 10.1 Å². The Kier molecular flexibility index (Phi) is 5.17. The van der Waals surface area contributed by atoms with Gasteiger partial charge in [-0.05, 0) is 25.0 Å². The number of amides is 2. The van der Waals surface area contributed by atoms with Crippen molar-refractivity contribution >= 4 is 17.4 Å². The number of nitrogens with zero attached hydrogens (tertiary/aromatic N) is 3. The van der Waals surface area contributed by atoms with Gasteiger partial charge in [0, 0.05) is 50.0 Å². The highest BCUT2D eigenvalue weighted by atomic mass is 16.6. The predicted octanol–water partition coefficient (Wildman–Crippen LogP) is 2.76. The number of piperazine rings is 1. The van der Waals surface area contributed by atoms with E-state index in [0.717, 1.165) is 31.6 Å². The first-order valence-electron chi connectivity index (χ1n) is 8.68. The molecule has 1 aliphatic heterocycles. The van der Waals surface area contributed by atoms with Crippen LogP contribution in [0.4, 0.5) is 16.2 Å². The van der Waals surface area contributed by atoms with Crippen LogP contribution in [-0.4, -0.2) is 48.1 Å². The quantitative estimate of drug-likeness (QED) is 0.682. The highest BCUT2D eigenvalue weighted by Crippen LogP contribution is 2.21. The topological polar surface area (TPSA) is 78.7 Å². The van der Waals surface area contributed by atoms with Crippen LogP contribution in [0.1, 0.15) is 32.1 Å². The number of nitrogens with one attached hydrogen (secondary N) is 1. The molecule has 2 fully saturated rings. The maximum absolute atomic E-state index is 12.4. The fourth-order valence-electron chi connectivity index (χ4n) is 3.47. The summed E-state index contributed by atoms with van der Waals surface area (Å²) in [4.78, 5) is 26.7. The number of benzene rings is 1. The van der Waals surface area contributed by atoms with Crippen molar-refractivity contribution < 1.29 is 9.72 Å². The van der Waals surface area contributed by atoms with Gasteiger partial charge in [0.15, 0.2) is 0 Å². The number of hydrogen-bond acceptors (Lipinski definition) is 4. The van der Waals surface area contributed by atoms with Gasteiger partial charge in [-0.1, -0.05) is 19.3 Å². The smallest absolute Gasteiger partial charge is 0.317 e. The first-order chi connectivity index (χ1) is 11.6. The minimum Gasteiger partial charge on any atom is -0.368 e. The third-order valence-electron chi connectivity index (χ3n) is 4.93. The van der Waals surface area contributed by atoms with Crippen LogP contribution >= 0.6 is 0 Å². The first-order valence-corrected chi connectivity index (χ1v) is 8.68. The van der Waals surface area contributed by atoms with E-state index < -0.39 is 4.92 Å². The van der Waals surface area contributed by atoms with Crippen molar-refractivity contribution in [3.63, 3.8) is 0 Å². The molecule has 0 unspecified atom stereocenters. The zero-order valence-corrected chi connectivity index (χ0v) is 13.8. The van der Waals surface area contributed by atoms with Gasteiger partial charge in [-0.2, -0.15) is 0 Å². The summed E-state index contributed by atoms with van der Waals surface area (Å²) in [6.07, 6.45) is 5.88. The highest BCUT2D eigenvalue weighted by molar-refractivity contribution is 5.75. The maximum atomic E-state index is 12.4. The van der Waals surface area contributed by atoms with Gasteiger partial charge in [-0.25, -0.2) is 4.79 Å². The summed E-state index contributed by atoms with van der Waals surface area (Å²) < 4.78 is 0. The minimum atomic E-state index is -0.392. The molecule has 0 radical (unpaired) electrons. The fourth-order valence-corrected chi connectivity index (χ4v) is 3.47. The van der Waals surface area contributed by atoms with Crippen molar-refractivity contribution in [1.82, 2.24) is 10.2 Å². The number of carbonyl (C=O) groups is 1. The molecular formula is C17H24N4O3. The largest absolute Gasteiger partial charge is 0.368 e. The van der Waals surface area contributed by atoms with Crippen LogP contribution in [0.25, 0.3) is 0 Å². The Morgan fingerprint density at radius 1 is 1.04 bits per heavy atom. The number of non-ortho nitro benzene ring substituents is 1. The molecule has 0 bridgehead atoms. The van der Waals surface area contributed by atoms with Crippen molar-refractivity contribution in [2.45, 2.75) is 38.1 Å². The molecule has 1 aromatic carbocycles. The molecule has 24 heavy (non-hydrogen) atoms. The van der Waals surface area contributed by atoms with Crippen molar-refractivity contribution in [3.05, 3.63) is 34.4 Å². The SMILES string of the molecule is O=C(NC1CCCCC1)N1CCN(c2ccc([N+](=O)[O-])cc2)CC1. The summed E-state index contributed by atoms with van der Waals surface area (Å²) in [5, 5.41) is 13.9. The molecule has 0 aromatic heterocycles. The van der Waals surface area contributed by atoms with E-state index in [1.807, 2.05) is 4.90 Å². The van der Waals surface area contributed by atoms with Gasteiger partial charge in [0.05, 0.1) is 4.92 Å². The molecule has 2 aliphatic rings. The Balaban J connectivity index is 1.49. The molecule has 7 heteroatoms. The summed E-state index contributed by atoms with van der Waals surface area (Å²) in [6.45, 7) is 2.84. The van der Waals surface area contributed by atoms with E-state index in [1.165, 1.54) is 31.4 Å². The molecule has 1 aliphatic carbocycles. The summed E-state index contributed by atoms with van der Waals surface area (Å²) in [5.41, 5.74) is 1.07. The lowest BCUT2D eigenvalue weighted by molar-refractivity contribution is -0.384. The van der Waals surface area contributed by atoms with E-state index in [1.54, 1.807) is 12.1 Å². The second-order valence-corrected chi connectivity index (χ2v) is 6.53. The lowest BCUT2D eigenvalue weighted by Gasteiger charge is -2.37. The average Bonchev–Trinajstić information content (AvgIpc) is 2.63. The first kappa shape index (κ1) is 16.5. The monoisotopic (exact) mass is 332 g/mol. The van der Waals surface area contributed by atoms with Crippen molar-refractivity contribution in [2.24, 2.45) is 0 Å². The van der Waals surface area contributed by atoms with Gasteiger partial charge in [0.25, 0.3) is 5.69 Å². The molecule has 130 valence electrons. The molecule has 2 amide bonds. The second kappa shape index (κ2) is 7.51. The molecule has 1 aromatic rings. The molecule has 1 N–H and O–H groups in total. The van der Waals surface area contributed by atoms with Gasteiger partial charge in [-0.15, -0.1) is 0 Å². The van der Waals surface area contributed by atoms with Crippen LogP contribution in [0.15, 0.2) is 24.3 Å². The van der Waals surface area contributed by atoms with E-state index in [-0.39, 0.29) is 11.7 Å². The number of hydrogen-bond donors (Lipinski definition) is 1. The summed E-state index contributed by atoms with van der Waals surface area (Å²) in [6, 6.07) is 6.98. The summed E-state index contributed by atoms with van der Waals surface area (Å²) in [5.74, 6) is 0. The van der Waals surface area contributed by atoms with E-state index in [9.17, 15) is 14.9 Å². The molecule has 1 heterocycles. The molecule has 1 saturated carbocycles. The number of rotatable bonds is 3. The van der Waals surface area contributed by atoms with E-state index >= 15 is 0 Å². The Morgan fingerprint density at radius 2 is 1.67 bits per heavy atom. The van der Waals surface area contributed by atoms with E-state index in [2.05, 4.69) is 10.2 Å². The molecule has 7 nitrogen and oxygen atoms in total. The fraction of sp³-hybridized carbons (Fsp3) is 0.588. The van der Waals surface area contributed by atoms with Crippen LogP contribution < -0.4 is 10.2 Å².